The molecule has 0 saturated heterocycles. The Bertz CT molecular complexity index is 415. The van der Waals surface area contributed by atoms with Gasteiger partial charge in [0.25, 0.3) is 5.22 Å². The quantitative estimate of drug-likeness (QED) is 0.797. The van der Waals surface area contributed by atoms with Crippen LogP contribution >= 0.6 is 11.8 Å². The van der Waals surface area contributed by atoms with E-state index in [0.29, 0.717) is 10.4 Å². The maximum absolute atomic E-state index is 5.09. The second kappa shape index (κ2) is 5.62. The molecule has 84 valence electrons. The van der Waals surface area contributed by atoms with Gasteiger partial charge in [-0.05, 0) is 6.54 Å². The zero-order valence-corrected chi connectivity index (χ0v) is 9.70. The van der Waals surface area contributed by atoms with Gasteiger partial charge in [-0.1, -0.05) is 6.92 Å². The molecule has 1 N–H and O–H groups in total. The number of nitrogens with zero attached hydrogens (tertiary/aromatic N) is 3. The van der Waals surface area contributed by atoms with Gasteiger partial charge in [-0.3, -0.25) is 0 Å². The van der Waals surface area contributed by atoms with Gasteiger partial charge in [0.1, 0.15) is 6.26 Å². The molecule has 0 radical (unpaired) electrons. The monoisotopic (exact) mass is 236 g/mol. The minimum absolute atomic E-state index is 0.555. The molecular formula is C10H12N4OS. The minimum Gasteiger partial charge on any atom is -0.440 e. The van der Waals surface area contributed by atoms with Crippen LogP contribution in [0.5, 0.6) is 0 Å². The highest BCUT2D eigenvalue weighted by Crippen LogP contribution is 2.21. The average molecular weight is 236 g/mol. The van der Waals surface area contributed by atoms with Crippen LogP contribution < -0.4 is 5.32 Å². The van der Waals surface area contributed by atoms with Gasteiger partial charge >= 0.3 is 0 Å². The number of rotatable bonds is 5. The summed E-state index contributed by atoms with van der Waals surface area (Å²) in [5.74, 6) is 0. The highest BCUT2D eigenvalue weighted by Gasteiger charge is 2.04. The van der Waals surface area contributed by atoms with Crippen molar-refractivity contribution in [2.45, 2.75) is 23.8 Å². The Morgan fingerprint density at radius 1 is 1.31 bits per heavy atom. The first-order valence-electron chi connectivity index (χ1n) is 4.97. The van der Waals surface area contributed by atoms with Crippen LogP contribution in [0.2, 0.25) is 0 Å². The van der Waals surface area contributed by atoms with Crippen molar-refractivity contribution >= 4 is 11.8 Å². The lowest BCUT2D eigenvalue weighted by Crippen LogP contribution is -2.12. The van der Waals surface area contributed by atoms with E-state index in [1.54, 1.807) is 18.6 Å². The molecule has 2 aromatic rings. The number of oxazole rings is 1. The molecule has 2 rings (SSSR count). The second-order valence-corrected chi connectivity index (χ2v) is 3.97. The highest BCUT2D eigenvalue weighted by molar-refractivity contribution is 7.98. The van der Waals surface area contributed by atoms with Gasteiger partial charge in [-0.2, -0.15) is 0 Å². The lowest BCUT2D eigenvalue weighted by molar-refractivity contribution is 0.453. The topological polar surface area (TPSA) is 63.8 Å². The summed E-state index contributed by atoms with van der Waals surface area (Å²) < 4.78 is 5.09. The molecule has 0 bridgehead atoms. The molecule has 5 nitrogen and oxygen atoms in total. The molecule has 0 aliphatic heterocycles. The first kappa shape index (κ1) is 11.1. The van der Waals surface area contributed by atoms with E-state index in [2.05, 4.69) is 27.2 Å². The Hall–Kier alpha value is -1.40. The van der Waals surface area contributed by atoms with Crippen molar-refractivity contribution in [2.24, 2.45) is 0 Å². The fraction of sp³-hybridized carbons (Fsp3) is 0.300. The third-order valence-corrected chi connectivity index (χ3v) is 2.62. The van der Waals surface area contributed by atoms with E-state index in [1.165, 1.54) is 18.0 Å². The summed E-state index contributed by atoms with van der Waals surface area (Å²) in [5.41, 5.74) is 1.07. The molecule has 6 heteroatoms. The van der Waals surface area contributed by atoms with Crippen molar-refractivity contribution in [1.29, 1.82) is 0 Å². The number of nitrogens with one attached hydrogen (secondary N) is 1. The molecule has 0 fully saturated rings. The van der Waals surface area contributed by atoms with E-state index in [4.69, 9.17) is 4.42 Å². The standard InChI is InChI=1S/C10H12N4OS/c1-2-11-5-8-6-13-9(14-7-8)16-10-12-3-4-15-10/h3-4,6-7,11H,2,5H2,1H3. The molecule has 2 heterocycles. The normalized spacial score (nSPS) is 10.6. The summed E-state index contributed by atoms with van der Waals surface area (Å²) in [5, 5.41) is 4.41. The van der Waals surface area contributed by atoms with E-state index in [9.17, 15) is 0 Å². The Balaban J connectivity index is 1.96. The summed E-state index contributed by atoms with van der Waals surface area (Å²) in [6, 6.07) is 0. The first-order valence-corrected chi connectivity index (χ1v) is 5.79. The van der Waals surface area contributed by atoms with Crippen molar-refractivity contribution < 1.29 is 4.42 Å². The molecule has 2 aromatic heterocycles. The second-order valence-electron chi connectivity index (χ2n) is 3.05. The van der Waals surface area contributed by atoms with Gasteiger partial charge in [0.2, 0.25) is 0 Å². The van der Waals surface area contributed by atoms with Gasteiger partial charge in [0.15, 0.2) is 5.16 Å². The van der Waals surface area contributed by atoms with E-state index in [0.717, 1.165) is 18.7 Å². The van der Waals surface area contributed by atoms with E-state index < -0.39 is 0 Å². The summed E-state index contributed by atoms with van der Waals surface area (Å²) >= 11 is 1.31. The van der Waals surface area contributed by atoms with Crippen molar-refractivity contribution in [3.8, 4) is 0 Å². The molecular weight excluding hydrogens is 224 g/mol. The van der Waals surface area contributed by atoms with E-state index >= 15 is 0 Å². The van der Waals surface area contributed by atoms with Crippen molar-refractivity contribution in [3.05, 3.63) is 30.4 Å². The molecule has 0 saturated carbocycles. The van der Waals surface area contributed by atoms with Crippen LogP contribution in [0.4, 0.5) is 0 Å². The fourth-order valence-electron chi connectivity index (χ4n) is 1.10. The van der Waals surface area contributed by atoms with Crippen LogP contribution in [0, 0.1) is 0 Å². The molecule has 0 atom stereocenters. The Morgan fingerprint density at radius 2 is 2.12 bits per heavy atom. The summed E-state index contributed by atoms with van der Waals surface area (Å²) in [6.45, 7) is 3.79. The maximum Gasteiger partial charge on any atom is 0.263 e. The zero-order valence-electron chi connectivity index (χ0n) is 8.88. The van der Waals surface area contributed by atoms with Crippen LogP contribution in [0.3, 0.4) is 0 Å². The van der Waals surface area contributed by atoms with Gasteiger partial charge in [-0.25, -0.2) is 15.0 Å². The Labute approximate surface area is 97.7 Å². The molecule has 0 unspecified atom stereocenters. The number of hydrogen-bond donors (Lipinski definition) is 1. The predicted molar refractivity (Wildman–Crippen MR) is 60.0 cm³/mol. The number of hydrogen-bond acceptors (Lipinski definition) is 6. The predicted octanol–water partition coefficient (Wildman–Crippen LogP) is 1.73. The van der Waals surface area contributed by atoms with Crippen molar-refractivity contribution in [3.63, 3.8) is 0 Å². The first-order chi connectivity index (χ1) is 7.88. The third kappa shape index (κ3) is 3.04. The van der Waals surface area contributed by atoms with Gasteiger partial charge < -0.3 is 9.73 Å². The summed E-state index contributed by atoms with van der Waals surface area (Å²) in [7, 11) is 0. The van der Waals surface area contributed by atoms with Crippen LogP contribution in [0.1, 0.15) is 12.5 Å². The maximum atomic E-state index is 5.09. The molecule has 0 spiro atoms. The lowest BCUT2D eigenvalue weighted by Gasteiger charge is -2.01. The smallest absolute Gasteiger partial charge is 0.263 e. The number of aromatic nitrogens is 3. The van der Waals surface area contributed by atoms with Crippen LogP contribution in [-0.4, -0.2) is 21.5 Å². The van der Waals surface area contributed by atoms with Crippen LogP contribution in [-0.2, 0) is 6.54 Å². The van der Waals surface area contributed by atoms with Gasteiger partial charge in [-0.15, -0.1) is 0 Å². The zero-order chi connectivity index (χ0) is 11.2. The van der Waals surface area contributed by atoms with E-state index in [1.807, 2.05) is 0 Å². The summed E-state index contributed by atoms with van der Waals surface area (Å²) in [6.07, 6.45) is 6.74. The summed E-state index contributed by atoms with van der Waals surface area (Å²) in [4.78, 5) is 12.4. The lowest BCUT2D eigenvalue weighted by atomic mass is 10.3. The average Bonchev–Trinajstić information content (AvgIpc) is 2.81. The highest BCUT2D eigenvalue weighted by atomic mass is 32.2. The van der Waals surface area contributed by atoms with Crippen molar-refractivity contribution in [1.82, 2.24) is 20.3 Å². The molecule has 16 heavy (non-hydrogen) atoms. The fourth-order valence-corrected chi connectivity index (χ4v) is 1.68. The van der Waals surface area contributed by atoms with E-state index in [-0.39, 0.29) is 0 Å². The largest absolute Gasteiger partial charge is 0.440 e. The van der Waals surface area contributed by atoms with Gasteiger partial charge in [0, 0.05) is 36.3 Å². The third-order valence-electron chi connectivity index (χ3n) is 1.85. The Morgan fingerprint density at radius 3 is 2.75 bits per heavy atom. The van der Waals surface area contributed by atoms with Gasteiger partial charge in [0.05, 0.1) is 6.20 Å². The molecule has 0 aromatic carbocycles. The molecule has 0 aliphatic carbocycles. The molecule has 0 aliphatic rings. The minimum atomic E-state index is 0.555. The van der Waals surface area contributed by atoms with Crippen molar-refractivity contribution in [2.75, 3.05) is 6.54 Å². The SMILES string of the molecule is CCNCc1cnc(Sc2ncco2)nc1. The van der Waals surface area contributed by atoms with Crippen LogP contribution in [0.15, 0.2) is 39.7 Å². The Kier molecular flexibility index (Phi) is 3.90. The molecule has 0 amide bonds. The van der Waals surface area contributed by atoms with Crippen LogP contribution in [0.25, 0.3) is 0 Å².